The van der Waals surface area contributed by atoms with Gasteiger partial charge in [-0.05, 0) is 62.9 Å². The molecule has 136 valence electrons. The van der Waals surface area contributed by atoms with E-state index in [-0.39, 0.29) is 11.3 Å². The maximum absolute atomic E-state index is 13.5. The van der Waals surface area contributed by atoms with Crippen molar-refractivity contribution in [1.29, 1.82) is 5.26 Å². The van der Waals surface area contributed by atoms with Gasteiger partial charge in [0.1, 0.15) is 0 Å². The van der Waals surface area contributed by atoms with E-state index in [9.17, 15) is 13.2 Å². The van der Waals surface area contributed by atoms with Crippen LogP contribution in [0.15, 0.2) is 18.2 Å². The lowest BCUT2D eigenvalue weighted by molar-refractivity contribution is -0.137. The fourth-order valence-electron chi connectivity index (χ4n) is 3.48. The molecule has 0 aromatic heterocycles. The number of alkyl halides is 3. The number of likely N-dealkylation sites (tertiary alicyclic amines) is 1. The number of rotatable bonds is 6. The van der Waals surface area contributed by atoms with Gasteiger partial charge >= 0.3 is 6.18 Å². The number of nitriles is 1. The normalized spacial score (nSPS) is 18.8. The predicted molar refractivity (Wildman–Crippen MR) is 91.4 cm³/mol. The van der Waals surface area contributed by atoms with Gasteiger partial charge in [0.15, 0.2) is 0 Å². The molecule has 2 fully saturated rings. The molecule has 0 radical (unpaired) electrons. The standard InChI is InChI=1S/C19H24F3N3/c20-19(21,22)17-12-16(13-23)6-7-18(17)25(14-15-4-5-15)11-10-24-8-2-1-3-9-24/h6-7,12,15H,1-5,8-11,14H2. The highest BCUT2D eigenvalue weighted by atomic mass is 19.4. The number of benzene rings is 1. The molecule has 1 aromatic carbocycles. The molecule has 1 aliphatic heterocycles. The van der Waals surface area contributed by atoms with Crippen LogP contribution in [0.25, 0.3) is 0 Å². The quantitative estimate of drug-likeness (QED) is 0.766. The number of nitrogens with zero attached hydrogens (tertiary/aromatic N) is 3. The van der Waals surface area contributed by atoms with E-state index in [4.69, 9.17) is 5.26 Å². The van der Waals surface area contributed by atoms with Gasteiger partial charge in [-0.3, -0.25) is 0 Å². The zero-order chi connectivity index (χ0) is 17.9. The first-order valence-electron chi connectivity index (χ1n) is 9.06. The lowest BCUT2D eigenvalue weighted by atomic mass is 10.1. The van der Waals surface area contributed by atoms with Crippen molar-refractivity contribution in [3.8, 4) is 6.07 Å². The van der Waals surface area contributed by atoms with Crippen LogP contribution in [-0.2, 0) is 6.18 Å². The van der Waals surface area contributed by atoms with E-state index in [0.717, 1.165) is 38.5 Å². The summed E-state index contributed by atoms with van der Waals surface area (Å²) >= 11 is 0. The van der Waals surface area contributed by atoms with Crippen molar-refractivity contribution >= 4 is 5.69 Å². The van der Waals surface area contributed by atoms with Gasteiger partial charge < -0.3 is 9.80 Å². The summed E-state index contributed by atoms with van der Waals surface area (Å²) in [4.78, 5) is 4.23. The van der Waals surface area contributed by atoms with Crippen LogP contribution in [0.1, 0.15) is 43.2 Å². The summed E-state index contributed by atoms with van der Waals surface area (Å²) in [7, 11) is 0. The van der Waals surface area contributed by atoms with Crippen LogP contribution in [0.5, 0.6) is 0 Å². The number of halogens is 3. The molecule has 2 aliphatic rings. The largest absolute Gasteiger partial charge is 0.418 e. The molecule has 0 N–H and O–H groups in total. The predicted octanol–water partition coefficient (Wildman–Crippen LogP) is 4.28. The van der Waals surface area contributed by atoms with Crippen molar-refractivity contribution in [1.82, 2.24) is 4.90 Å². The lowest BCUT2D eigenvalue weighted by Gasteiger charge is -2.32. The molecule has 1 saturated carbocycles. The minimum atomic E-state index is -4.45. The number of piperidine rings is 1. The van der Waals surface area contributed by atoms with Crippen molar-refractivity contribution in [2.75, 3.05) is 37.6 Å². The minimum absolute atomic E-state index is 0.0541. The second-order valence-corrected chi connectivity index (χ2v) is 7.13. The van der Waals surface area contributed by atoms with Gasteiger partial charge in [0.25, 0.3) is 0 Å². The monoisotopic (exact) mass is 351 g/mol. The zero-order valence-electron chi connectivity index (χ0n) is 14.4. The average molecular weight is 351 g/mol. The Hall–Kier alpha value is -1.74. The molecular weight excluding hydrogens is 327 g/mol. The van der Waals surface area contributed by atoms with Gasteiger partial charge in [0.2, 0.25) is 0 Å². The van der Waals surface area contributed by atoms with E-state index in [1.165, 1.54) is 31.4 Å². The van der Waals surface area contributed by atoms with Gasteiger partial charge in [0, 0.05) is 25.3 Å². The summed E-state index contributed by atoms with van der Waals surface area (Å²) in [6.45, 7) is 4.14. The third-order valence-electron chi connectivity index (χ3n) is 5.08. The molecule has 0 spiro atoms. The average Bonchev–Trinajstić information content (AvgIpc) is 3.42. The molecule has 1 heterocycles. The second-order valence-electron chi connectivity index (χ2n) is 7.13. The SMILES string of the molecule is N#Cc1ccc(N(CCN2CCCCC2)CC2CC2)c(C(F)(F)F)c1. The molecule has 0 unspecified atom stereocenters. The topological polar surface area (TPSA) is 30.3 Å². The van der Waals surface area contributed by atoms with Crippen molar-refractivity contribution in [3.05, 3.63) is 29.3 Å². The van der Waals surface area contributed by atoms with E-state index in [2.05, 4.69) is 4.90 Å². The van der Waals surface area contributed by atoms with Crippen LogP contribution in [0.3, 0.4) is 0 Å². The van der Waals surface area contributed by atoms with Gasteiger partial charge in [-0.15, -0.1) is 0 Å². The first-order chi connectivity index (χ1) is 12.0. The van der Waals surface area contributed by atoms with Gasteiger partial charge in [-0.2, -0.15) is 18.4 Å². The Morgan fingerprint density at radius 3 is 2.48 bits per heavy atom. The Morgan fingerprint density at radius 1 is 1.16 bits per heavy atom. The van der Waals surface area contributed by atoms with Crippen LogP contribution in [0.2, 0.25) is 0 Å². The summed E-state index contributed by atoms with van der Waals surface area (Å²) in [5.74, 6) is 0.498. The van der Waals surface area contributed by atoms with Crippen molar-refractivity contribution in [3.63, 3.8) is 0 Å². The van der Waals surface area contributed by atoms with E-state index < -0.39 is 11.7 Å². The highest BCUT2D eigenvalue weighted by molar-refractivity contribution is 5.58. The highest BCUT2D eigenvalue weighted by Crippen LogP contribution is 2.39. The molecule has 1 aromatic rings. The Kier molecular flexibility index (Phi) is 5.53. The zero-order valence-corrected chi connectivity index (χ0v) is 14.4. The molecular formula is C19H24F3N3. The van der Waals surface area contributed by atoms with Crippen LogP contribution >= 0.6 is 0 Å². The summed E-state index contributed by atoms with van der Waals surface area (Å²) in [5, 5.41) is 8.95. The van der Waals surface area contributed by atoms with Crippen molar-refractivity contribution in [2.24, 2.45) is 5.92 Å². The Balaban J connectivity index is 1.80. The lowest BCUT2D eigenvalue weighted by Crippen LogP contribution is -2.39. The van der Waals surface area contributed by atoms with Gasteiger partial charge in [0.05, 0.1) is 17.2 Å². The van der Waals surface area contributed by atoms with Crippen LogP contribution < -0.4 is 4.90 Å². The maximum atomic E-state index is 13.5. The first-order valence-corrected chi connectivity index (χ1v) is 9.06. The van der Waals surface area contributed by atoms with Crippen LogP contribution in [0, 0.1) is 17.2 Å². The van der Waals surface area contributed by atoms with Crippen molar-refractivity contribution in [2.45, 2.75) is 38.3 Å². The molecule has 25 heavy (non-hydrogen) atoms. The second kappa shape index (κ2) is 7.65. The third-order valence-corrected chi connectivity index (χ3v) is 5.08. The minimum Gasteiger partial charge on any atom is -0.369 e. The fourth-order valence-corrected chi connectivity index (χ4v) is 3.48. The molecule has 0 bridgehead atoms. The van der Waals surface area contributed by atoms with E-state index >= 15 is 0 Å². The summed E-state index contributed by atoms with van der Waals surface area (Å²) < 4.78 is 40.6. The molecule has 0 atom stereocenters. The third kappa shape index (κ3) is 4.88. The van der Waals surface area contributed by atoms with E-state index in [1.807, 2.05) is 11.0 Å². The molecule has 0 amide bonds. The summed E-state index contributed by atoms with van der Waals surface area (Å²) in [6.07, 6.45) is 1.33. The smallest absolute Gasteiger partial charge is 0.369 e. The summed E-state index contributed by atoms with van der Waals surface area (Å²) in [6, 6.07) is 5.76. The number of anilines is 1. The molecule has 6 heteroatoms. The molecule has 1 aliphatic carbocycles. The number of hydrogen-bond acceptors (Lipinski definition) is 3. The van der Waals surface area contributed by atoms with E-state index in [1.54, 1.807) is 0 Å². The van der Waals surface area contributed by atoms with Crippen LogP contribution in [-0.4, -0.2) is 37.6 Å². The van der Waals surface area contributed by atoms with Crippen molar-refractivity contribution < 1.29 is 13.2 Å². The molecule has 1 saturated heterocycles. The molecule has 3 nitrogen and oxygen atoms in total. The maximum Gasteiger partial charge on any atom is 0.418 e. The number of hydrogen-bond donors (Lipinski definition) is 0. The Labute approximate surface area is 147 Å². The summed E-state index contributed by atoms with van der Waals surface area (Å²) in [5.41, 5.74) is -0.417. The molecule has 3 rings (SSSR count). The Morgan fingerprint density at radius 2 is 1.88 bits per heavy atom. The Bertz CT molecular complexity index is 626. The van der Waals surface area contributed by atoms with E-state index in [0.29, 0.717) is 19.0 Å². The first kappa shape index (κ1) is 18.1. The fraction of sp³-hybridized carbons (Fsp3) is 0.632. The van der Waals surface area contributed by atoms with Gasteiger partial charge in [-0.25, -0.2) is 0 Å². The highest BCUT2D eigenvalue weighted by Gasteiger charge is 2.36. The van der Waals surface area contributed by atoms with Crippen LogP contribution in [0.4, 0.5) is 18.9 Å². The van der Waals surface area contributed by atoms with Gasteiger partial charge in [-0.1, -0.05) is 6.42 Å².